The number of anilines is 1. The number of carbonyl (C=O) groups excluding carboxylic acids is 1. The van der Waals surface area contributed by atoms with Gasteiger partial charge >= 0.3 is 0 Å². The van der Waals surface area contributed by atoms with E-state index in [0.717, 1.165) is 0 Å². The Balaban J connectivity index is 2.21. The Morgan fingerprint density at radius 1 is 1.25 bits per heavy atom. The van der Waals surface area contributed by atoms with E-state index in [-0.39, 0.29) is 5.91 Å². The molecule has 1 heterocycles. The Hall–Kier alpha value is -1.45. The van der Waals surface area contributed by atoms with E-state index < -0.39 is 0 Å². The van der Waals surface area contributed by atoms with Crippen LogP contribution >= 0.6 is 23.2 Å². The van der Waals surface area contributed by atoms with Crippen LogP contribution in [0.1, 0.15) is 10.4 Å². The van der Waals surface area contributed by atoms with Crippen LogP contribution in [0.4, 0.5) is 5.69 Å². The molecule has 82 valence electrons. The average Bonchev–Trinajstić information content (AvgIpc) is 2.76. The highest BCUT2D eigenvalue weighted by Gasteiger charge is 2.08. The van der Waals surface area contributed by atoms with Crippen LogP contribution in [-0.2, 0) is 0 Å². The fourth-order valence-corrected chi connectivity index (χ4v) is 1.59. The molecule has 0 saturated carbocycles. The first kappa shape index (κ1) is 11.0. The lowest BCUT2D eigenvalue weighted by Gasteiger charge is -2.06. The van der Waals surface area contributed by atoms with E-state index in [4.69, 9.17) is 23.2 Å². The standard InChI is InChI=1S/C11H8Cl2N2O/c12-8-1-2-9(13)10(5-8)15-11(16)7-3-4-14-6-7/h1-6,14H,(H,15,16). The molecule has 1 aromatic heterocycles. The summed E-state index contributed by atoms with van der Waals surface area (Å²) in [6, 6.07) is 6.58. The Morgan fingerprint density at radius 3 is 2.75 bits per heavy atom. The number of aromatic amines is 1. The van der Waals surface area contributed by atoms with Crippen LogP contribution in [0.15, 0.2) is 36.7 Å². The minimum absolute atomic E-state index is 0.231. The molecule has 0 unspecified atom stereocenters. The summed E-state index contributed by atoms with van der Waals surface area (Å²) in [7, 11) is 0. The normalized spacial score (nSPS) is 10.1. The third-order valence-corrected chi connectivity index (χ3v) is 2.60. The summed E-state index contributed by atoms with van der Waals surface area (Å²) in [6.07, 6.45) is 3.28. The predicted octanol–water partition coefficient (Wildman–Crippen LogP) is 3.57. The first-order valence-electron chi connectivity index (χ1n) is 4.56. The fourth-order valence-electron chi connectivity index (χ4n) is 1.25. The highest BCUT2D eigenvalue weighted by Crippen LogP contribution is 2.25. The second kappa shape index (κ2) is 4.60. The quantitative estimate of drug-likeness (QED) is 0.846. The summed E-state index contributed by atoms with van der Waals surface area (Å²) in [5.41, 5.74) is 1.04. The van der Waals surface area contributed by atoms with Gasteiger partial charge in [-0.25, -0.2) is 0 Å². The van der Waals surface area contributed by atoms with Crippen LogP contribution in [0, 0.1) is 0 Å². The van der Waals surface area contributed by atoms with Gasteiger partial charge in [-0.3, -0.25) is 4.79 Å². The molecule has 0 spiro atoms. The lowest BCUT2D eigenvalue weighted by atomic mass is 10.3. The molecule has 1 aromatic carbocycles. The van der Waals surface area contributed by atoms with Crippen molar-refractivity contribution in [2.75, 3.05) is 5.32 Å². The summed E-state index contributed by atoms with van der Waals surface area (Å²) in [5, 5.41) is 3.65. The van der Waals surface area contributed by atoms with Gasteiger partial charge in [0, 0.05) is 17.4 Å². The van der Waals surface area contributed by atoms with Crippen LogP contribution in [0.3, 0.4) is 0 Å². The molecule has 16 heavy (non-hydrogen) atoms. The largest absolute Gasteiger partial charge is 0.367 e. The van der Waals surface area contributed by atoms with Gasteiger partial charge in [0.05, 0.1) is 16.3 Å². The zero-order chi connectivity index (χ0) is 11.5. The minimum Gasteiger partial charge on any atom is -0.367 e. The van der Waals surface area contributed by atoms with Crippen LogP contribution < -0.4 is 5.32 Å². The molecule has 5 heteroatoms. The first-order valence-corrected chi connectivity index (χ1v) is 5.31. The summed E-state index contributed by atoms with van der Waals surface area (Å²) >= 11 is 11.7. The van der Waals surface area contributed by atoms with Gasteiger partial charge in [-0.1, -0.05) is 23.2 Å². The van der Waals surface area contributed by atoms with E-state index in [1.54, 1.807) is 36.7 Å². The van der Waals surface area contributed by atoms with E-state index in [1.807, 2.05) is 0 Å². The molecule has 1 amide bonds. The van der Waals surface area contributed by atoms with Crippen molar-refractivity contribution < 1.29 is 4.79 Å². The second-order valence-corrected chi connectivity index (χ2v) is 4.02. The van der Waals surface area contributed by atoms with Gasteiger partial charge < -0.3 is 10.3 Å². The van der Waals surface area contributed by atoms with Crippen molar-refractivity contribution >= 4 is 34.8 Å². The molecule has 3 nitrogen and oxygen atoms in total. The fraction of sp³-hybridized carbons (Fsp3) is 0. The molecule has 2 aromatic rings. The summed E-state index contributed by atoms with van der Waals surface area (Å²) in [4.78, 5) is 14.5. The number of hydrogen-bond donors (Lipinski definition) is 2. The zero-order valence-electron chi connectivity index (χ0n) is 8.13. The third-order valence-electron chi connectivity index (χ3n) is 2.04. The van der Waals surface area contributed by atoms with Crippen LogP contribution in [-0.4, -0.2) is 10.9 Å². The summed E-state index contributed by atoms with van der Waals surface area (Å²) in [5.74, 6) is -0.231. The number of rotatable bonds is 2. The molecular weight excluding hydrogens is 247 g/mol. The minimum atomic E-state index is -0.231. The molecule has 0 aliphatic heterocycles. The Kier molecular flexibility index (Phi) is 3.17. The van der Waals surface area contributed by atoms with Gasteiger partial charge in [0.1, 0.15) is 0 Å². The molecular formula is C11H8Cl2N2O. The first-order chi connectivity index (χ1) is 7.66. The molecule has 0 radical (unpaired) electrons. The maximum atomic E-state index is 11.7. The molecule has 0 aliphatic rings. The second-order valence-electron chi connectivity index (χ2n) is 3.18. The number of nitrogens with one attached hydrogen (secondary N) is 2. The van der Waals surface area contributed by atoms with Crippen molar-refractivity contribution in [3.05, 3.63) is 52.3 Å². The van der Waals surface area contributed by atoms with Gasteiger partial charge in [0.15, 0.2) is 0 Å². The molecule has 2 N–H and O–H groups in total. The van der Waals surface area contributed by atoms with Crippen LogP contribution in [0.25, 0.3) is 0 Å². The van der Waals surface area contributed by atoms with Gasteiger partial charge in [0.25, 0.3) is 5.91 Å². The van der Waals surface area contributed by atoms with E-state index >= 15 is 0 Å². The maximum absolute atomic E-state index is 11.7. The number of H-pyrrole nitrogens is 1. The van der Waals surface area contributed by atoms with E-state index in [9.17, 15) is 4.79 Å². The monoisotopic (exact) mass is 254 g/mol. The van der Waals surface area contributed by atoms with Gasteiger partial charge in [-0.05, 0) is 24.3 Å². The summed E-state index contributed by atoms with van der Waals surface area (Å²) < 4.78 is 0. The number of halogens is 2. The number of hydrogen-bond acceptors (Lipinski definition) is 1. The van der Waals surface area contributed by atoms with Crippen molar-refractivity contribution in [1.29, 1.82) is 0 Å². The van der Waals surface area contributed by atoms with Gasteiger partial charge in [-0.15, -0.1) is 0 Å². The number of amides is 1. The van der Waals surface area contributed by atoms with E-state index in [2.05, 4.69) is 10.3 Å². The van der Waals surface area contributed by atoms with Crippen LogP contribution in [0.5, 0.6) is 0 Å². The molecule has 0 bridgehead atoms. The lowest BCUT2D eigenvalue weighted by Crippen LogP contribution is -2.11. The molecule has 0 aliphatic carbocycles. The van der Waals surface area contributed by atoms with Crippen LogP contribution in [0.2, 0.25) is 10.0 Å². The van der Waals surface area contributed by atoms with Crippen molar-refractivity contribution in [2.24, 2.45) is 0 Å². The highest BCUT2D eigenvalue weighted by atomic mass is 35.5. The van der Waals surface area contributed by atoms with Crippen molar-refractivity contribution in [2.45, 2.75) is 0 Å². The number of aromatic nitrogens is 1. The van der Waals surface area contributed by atoms with Crippen molar-refractivity contribution in [1.82, 2.24) is 4.98 Å². The lowest BCUT2D eigenvalue weighted by molar-refractivity contribution is 0.102. The topological polar surface area (TPSA) is 44.9 Å². The molecule has 0 fully saturated rings. The predicted molar refractivity (Wildman–Crippen MR) is 65.2 cm³/mol. The Labute approximate surface area is 102 Å². The van der Waals surface area contributed by atoms with Gasteiger partial charge in [0.2, 0.25) is 0 Å². The number of carbonyl (C=O) groups is 1. The maximum Gasteiger partial charge on any atom is 0.257 e. The summed E-state index contributed by atoms with van der Waals surface area (Å²) in [6.45, 7) is 0. The molecule has 2 rings (SSSR count). The molecule has 0 atom stereocenters. The average molecular weight is 255 g/mol. The Bertz CT molecular complexity index is 509. The SMILES string of the molecule is O=C(Nc1cc(Cl)ccc1Cl)c1cc[nH]c1. The third kappa shape index (κ3) is 2.38. The van der Waals surface area contributed by atoms with Gasteiger partial charge in [-0.2, -0.15) is 0 Å². The van der Waals surface area contributed by atoms with E-state index in [1.165, 1.54) is 0 Å². The van der Waals surface area contributed by atoms with Crippen molar-refractivity contribution in [3.8, 4) is 0 Å². The van der Waals surface area contributed by atoms with Crippen molar-refractivity contribution in [3.63, 3.8) is 0 Å². The number of benzene rings is 1. The Morgan fingerprint density at radius 2 is 2.06 bits per heavy atom. The van der Waals surface area contributed by atoms with E-state index in [0.29, 0.717) is 21.3 Å². The molecule has 0 saturated heterocycles. The highest BCUT2D eigenvalue weighted by molar-refractivity contribution is 6.35. The smallest absolute Gasteiger partial charge is 0.257 e. The zero-order valence-corrected chi connectivity index (χ0v) is 9.64.